The maximum absolute atomic E-state index is 5.57. The molecule has 0 aromatic carbocycles. The van der Waals surface area contributed by atoms with Gasteiger partial charge in [0, 0.05) is 19.1 Å². The standard InChI is InChI=1S/C13H28N2O/c1-11(2)16-8-7-15(4)10-13-5-6-14-12(3)9-13/h11-14H,5-10H2,1-4H3. The maximum atomic E-state index is 5.57. The van der Waals surface area contributed by atoms with Gasteiger partial charge in [0.25, 0.3) is 0 Å². The molecule has 0 aromatic rings. The Hall–Kier alpha value is -0.120. The van der Waals surface area contributed by atoms with Gasteiger partial charge in [-0.25, -0.2) is 0 Å². The summed E-state index contributed by atoms with van der Waals surface area (Å²) < 4.78 is 5.57. The van der Waals surface area contributed by atoms with E-state index in [2.05, 4.69) is 38.0 Å². The molecule has 3 heteroatoms. The fourth-order valence-electron chi connectivity index (χ4n) is 2.38. The fourth-order valence-corrected chi connectivity index (χ4v) is 2.38. The van der Waals surface area contributed by atoms with E-state index in [1.165, 1.54) is 25.9 Å². The van der Waals surface area contributed by atoms with Gasteiger partial charge >= 0.3 is 0 Å². The number of nitrogens with zero attached hydrogens (tertiary/aromatic N) is 1. The quantitative estimate of drug-likeness (QED) is 0.749. The zero-order valence-corrected chi connectivity index (χ0v) is 11.3. The molecular weight excluding hydrogens is 200 g/mol. The van der Waals surface area contributed by atoms with Gasteiger partial charge < -0.3 is 15.0 Å². The molecule has 96 valence electrons. The zero-order valence-electron chi connectivity index (χ0n) is 11.3. The lowest BCUT2D eigenvalue weighted by Crippen LogP contribution is -2.40. The van der Waals surface area contributed by atoms with Crippen LogP contribution < -0.4 is 5.32 Å². The monoisotopic (exact) mass is 228 g/mol. The molecule has 0 aliphatic carbocycles. The summed E-state index contributed by atoms with van der Waals surface area (Å²) in [4.78, 5) is 2.41. The number of rotatable bonds is 6. The van der Waals surface area contributed by atoms with Gasteiger partial charge in [-0.05, 0) is 53.1 Å². The first-order valence-corrected chi connectivity index (χ1v) is 6.61. The van der Waals surface area contributed by atoms with Gasteiger partial charge in [0.15, 0.2) is 0 Å². The smallest absolute Gasteiger partial charge is 0.0596 e. The minimum absolute atomic E-state index is 0.354. The summed E-state index contributed by atoms with van der Waals surface area (Å²) in [7, 11) is 2.20. The van der Waals surface area contributed by atoms with Crippen LogP contribution in [0, 0.1) is 5.92 Å². The first-order valence-electron chi connectivity index (χ1n) is 6.61. The highest BCUT2D eigenvalue weighted by atomic mass is 16.5. The van der Waals surface area contributed by atoms with Crippen LogP contribution in [0.5, 0.6) is 0 Å². The van der Waals surface area contributed by atoms with Crippen molar-refractivity contribution < 1.29 is 4.74 Å². The molecule has 1 aliphatic rings. The molecule has 1 N–H and O–H groups in total. The molecule has 1 rings (SSSR count). The minimum atomic E-state index is 0.354. The molecule has 0 aromatic heterocycles. The average Bonchev–Trinajstić information content (AvgIpc) is 2.16. The van der Waals surface area contributed by atoms with Crippen molar-refractivity contribution in [1.29, 1.82) is 0 Å². The van der Waals surface area contributed by atoms with Crippen molar-refractivity contribution in [1.82, 2.24) is 10.2 Å². The molecule has 0 bridgehead atoms. The van der Waals surface area contributed by atoms with Crippen molar-refractivity contribution >= 4 is 0 Å². The van der Waals surface area contributed by atoms with E-state index < -0.39 is 0 Å². The van der Waals surface area contributed by atoms with Crippen LogP contribution in [-0.4, -0.2) is 50.3 Å². The summed E-state index contributed by atoms with van der Waals surface area (Å²) in [5, 5.41) is 3.50. The lowest BCUT2D eigenvalue weighted by atomic mass is 9.93. The molecule has 16 heavy (non-hydrogen) atoms. The van der Waals surface area contributed by atoms with Crippen molar-refractivity contribution in [3.8, 4) is 0 Å². The predicted octanol–water partition coefficient (Wildman–Crippen LogP) is 1.73. The topological polar surface area (TPSA) is 24.5 Å². The van der Waals surface area contributed by atoms with E-state index in [9.17, 15) is 0 Å². The van der Waals surface area contributed by atoms with Gasteiger partial charge in [-0.1, -0.05) is 0 Å². The number of hydrogen-bond acceptors (Lipinski definition) is 3. The highest BCUT2D eigenvalue weighted by molar-refractivity contribution is 4.76. The lowest BCUT2D eigenvalue weighted by Gasteiger charge is -2.31. The maximum Gasteiger partial charge on any atom is 0.0596 e. The number of ether oxygens (including phenoxy) is 1. The van der Waals surface area contributed by atoms with Crippen LogP contribution in [0.1, 0.15) is 33.6 Å². The molecular formula is C13H28N2O. The second-order valence-electron chi connectivity index (χ2n) is 5.43. The van der Waals surface area contributed by atoms with E-state index in [4.69, 9.17) is 4.74 Å². The van der Waals surface area contributed by atoms with Gasteiger partial charge in [-0.2, -0.15) is 0 Å². The number of likely N-dealkylation sites (N-methyl/N-ethyl adjacent to an activating group) is 1. The number of nitrogens with one attached hydrogen (secondary N) is 1. The molecule has 1 aliphatic heterocycles. The Bertz CT molecular complexity index is 185. The first kappa shape index (κ1) is 13.9. The molecule has 2 atom stereocenters. The van der Waals surface area contributed by atoms with E-state index >= 15 is 0 Å². The highest BCUT2D eigenvalue weighted by Gasteiger charge is 2.19. The Morgan fingerprint density at radius 3 is 2.81 bits per heavy atom. The molecule has 1 fully saturated rings. The van der Waals surface area contributed by atoms with Crippen LogP contribution in [-0.2, 0) is 4.74 Å². The van der Waals surface area contributed by atoms with Crippen molar-refractivity contribution in [3.63, 3.8) is 0 Å². The third-order valence-corrected chi connectivity index (χ3v) is 3.23. The van der Waals surface area contributed by atoms with Crippen molar-refractivity contribution in [2.45, 2.75) is 45.8 Å². The molecule has 0 radical (unpaired) electrons. The average molecular weight is 228 g/mol. The minimum Gasteiger partial charge on any atom is -0.377 e. The zero-order chi connectivity index (χ0) is 12.0. The molecule has 3 nitrogen and oxygen atoms in total. The first-order chi connectivity index (χ1) is 7.58. The fraction of sp³-hybridized carbons (Fsp3) is 1.00. The van der Waals surface area contributed by atoms with Crippen LogP contribution in [0.4, 0.5) is 0 Å². The Morgan fingerprint density at radius 1 is 1.44 bits per heavy atom. The SMILES string of the molecule is CC1CC(CN(C)CCOC(C)C)CCN1. The van der Waals surface area contributed by atoms with Crippen LogP contribution >= 0.6 is 0 Å². The highest BCUT2D eigenvalue weighted by Crippen LogP contribution is 2.16. The summed E-state index contributed by atoms with van der Waals surface area (Å²) in [5.41, 5.74) is 0. The lowest BCUT2D eigenvalue weighted by molar-refractivity contribution is 0.0596. The van der Waals surface area contributed by atoms with Gasteiger partial charge in [-0.3, -0.25) is 0 Å². The Balaban J connectivity index is 2.10. The van der Waals surface area contributed by atoms with Crippen LogP contribution in [0.3, 0.4) is 0 Å². The van der Waals surface area contributed by atoms with Crippen LogP contribution in [0.15, 0.2) is 0 Å². The van der Waals surface area contributed by atoms with E-state index in [1.807, 2.05) is 0 Å². The second-order valence-corrected chi connectivity index (χ2v) is 5.43. The van der Waals surface area contributed by atoms with E-state index in [0.29, 0.717) is 12.1 Å². The summed E-state index contributed by atoms with van der Waals surface area (Å²) in [6.45, 7) is 10.8. The molecule has 2 unspecified atom stereocenters. The largest absolute Gasteiger partial charge is 0.377 e. The van der Waals surface area contributed by atoms with Crippen molar-refractivity contribution in [2.24, 2.45) is 5.92 Å². The molecule has 1 heterocycles. The van der Waals surface area contributed by atoms with Crippen LogP contribution in [0.2, 0.25) is 0 Å². The van der Waals surface area contributed by atoms with Crippen molar-refractivity contribution in [3.05, 3.63) is 0 Å². The van der Waals surface area contributed by atoms with Gasteiger partial charge in [-0.15, -0.1) is 0 Å². The van der Waals surface area contributed by atoms with Gasteiger partial charge in [0.05, 0.1) is 12.7 Å². The van der Waals surface area contributed by atoms with Gasteiger partial charge in [0.1, 0.15) is 0 Å². The van der Waals surface area contributed by atoms with E-state index in [1.54, 1.807) is 0 Å². The van der Waals surface area contributed by atoms with Crippen LogP contribution in [0.25, 0.3) is 0 Å². The predicted molar refractivity (Wildman–Crippen MR) is 68.8 cm³/mol. The third kappa shape index (κ3) is 5.83. The Morgan fingerprint density at radius 2 is 2.19 bits per heavy atom. The van der Waals surface area contributed by atoms with E-state index in [-0.39, 0.29) is 0 Å². The second kappa shape index (κ2) is 7.25. The number of piperidine rings is 1. The normalized spacial score (nSPS) is 26.6. The number of hydrogen-bond donors (Lipinski definition) is 1. The Labute approximate surface area is 101 Å². The summed E-state index contributed by atoms with van der Waals surface area (Å²) in [5.74, 6) is 0.861. The molecule has 0 saturated carbocycles. The third-order valence-electron chi connectivity index (χ3n) is 3.23. The summed E-state index contributed by atoms with van der Waals surface area (Å²) in [6.07, 6.45) is 2.99. The summed E-state index contributed by atoms with van der Waals surface area (Å²) >= 11 is 0. The van der Waals surface area contributed by atoms with Crippen molar-refractivity contribution in [2.75, 3.05) is 33.3 Å². The molecule has 1 saturated heterocycles. The van der Waals surface area contributed by atoms with Gasteiger partial charge in [0.2, 0.25) is 0 Å². The molecule has 0 spiro atoms. The Kier molecular flexibility index (Phi) is 6.32. The van der Waals surface area contributed by atoms with E-state index in [0.717, 1.165) is 19.1 Å². The molecule has 0 amide bonds. The summed E-state index contributed by atoms with van der Waals surface area (Å²) in [6, 6.07) is 0.694.